The Labute approximate surface area is 335 Å². The van der Waals surface area contributed by atoms with E-state index in [0.29, 0.717) is 28.4 Å². The van der Waals surface area contributed by atoms with Crippen LogP contribution in [0.2, 0.25) is 0 Å². The first kappa shape index (κ1) is 40.1. The molecule has 2 N–H and O–H groups in total. The number of anilines is 2. The van der Waals surface area contributed by atoms with E-state index < -0.39 is 47.4 Å². The molecule has 1 aliphatic carbocycles. The summed E-state index contributed by atoms with van der Waals surface area (Å²) in [6, 6.07) is 10.9. The van der Waals surface area contributed by atoms with E-state index in [0.717, 1.165) is 87.6 Å². The van der Waals surface area contributed by atoms with Gasteiger partial charge in [-0.05, 0) is 94.3 Å². The van der Waals surface area contributed by atoms with Gasteiger partial charge in [-0.25, -0.2) is 18.6 Å². The number of halogens is 5. The van der Waals surface area contributed by atoms with Gasteiger partial charge in [-0.2, -0.15) is 18.3 Å². The highest BCUT2D eigenvalue weighted by Crippen LogP contribution is 2.37. The summed E-state index contributed by atoms with van der Waals surface area (Å²) in [6.45, 7) is 2.53. The topological polar surface area (TPSA) is 139 Å². The summed E-state index contributed by atoms with van der Waals surface area (Å²) in [5.41, 5.74) is -0.109. The Morgan fingerprint density at radius 3 is 2.41 bits per heavy atom. The summed E-state index contributed by atoms with van der Waals surface area (Å²) >= 11 is 0. The van der Waals surface area contributed by atoms with Crippen LogP contribution in [0.4, 0.5) is 33.3 Å². The third-order valence-electron chi connectivity index (χ3n) is 12.2. The number of nitrogens with one attached hydrogen (secondary N) is 2. The number of nitrogens with zero attached hydrogens (tertiary/aromatic N) is 7. The molecule has 2 saturated heterocycles. The summed E-state index contributed by atoms with van der Waals surface area (Å²) < 4.78 is 72.7. The maximum Gasteiger partial charge on any atom is 0.433 e. The van der Waals surface area contributed by atoms with Crippen molar-refractivity contribution in [1.82, 2.24) is 34.1 Å². The molecule has 3 fully saturated rings. The number of alkyl halides is 5. The van der Waals surface area contributed by atoms with Crippen LogP contribution in [-0.4, -0.2) is 79.2 Å². The number of pyridine rings is 1. The molecule has 3 amide bonds. The molecule has 5 aromatic rings. The van der Waals surface area contributed by atoms with Gasteiger partial charge >= 0.3 is 11.9 Å². The third kappa shape index (κ3) is 7.93. The predicted octanol–water partition coefficient (Wildman–Crippen LogP) is 6.60. The van der Waals surface area contributed by atoms with E-state index in [1.807, 2.05) is 18.2 Å². The van der Waals surface area contributed by atoms with Gasteiger partial charge in [-0.15, -0.1) is 0 Å². The number of para-hydroxylation sites is 1. The third-order valence-corrected chi connectivity index (χ3v) is 12.2. The summed E-state index contributed by atoms with van der Waals surface area (Å²) in [4.78, 5) is 58.8. The fraction of sp³-hybridized carbons (Fsp3) is 0.463. The average molecular weight is 822 g/mol. The Balaban J connectivity index is 0.875. The van der Waals surface area contributed by atoms with E-state index in [1.54, 1.807) is 22.5 Å². The number of hydrogen-bond donors (Lipinski definition) is 2. The first-order valence-electron chi connectivity index (χ1n) is 19.8. The van der Waals surface area contributed by atoms with Crippen molar-refractivity contribution in [3.05, 3.63) is 82.2 Å². The number of fused-ring (bicyclic) bond motifs is 2. The van der Waals surface area contributed by atoms with Gasteiger partial charge in [0.25, 0.3) is 12.3 Å². The van der Waals surface area contributed by atoms with Gasteiger partial charge in [0.1, 0.15) is 17.4 Å². The lowest BCUT2D eigenvalue weighted by Crippen LogP contribution is -2.45. The zero-order valence-corrected chi connectivity index (χ0v) is 32.5. The Morgan fingerprint density at radius 1 is 0.983 bits per heavy atom. The first-order valence-corrected chi connectivity index (χ1v) is 19.8. The Kier molecular flexibility index (Phi) is 10.8. The number of imide groups is 1. The molecule has 0 radical (unpaired) electrons. The summed E-state index contributed by atoms with van der Waals surface area (Å²) in [5, 5.41) is 9.82. The second-order valence-electron chi connectivity index (χ2n) is 15.9. The molecule has 59 heavy (non-hydrogen) atoms. The fourth-order valence-corrected chi connectivity index (χ4v) is 9.09. The van der Waals surface area contributed by atoms with Gasteiger partial charge in [-0.1, -0.05) is 12.1 Å². The number of piperidine rings is 2. The summed E-state index contributed by atoms with van der Waals surface area (Å²) in [6.07, 6.45) is -0.0572. The standard InChI is InChI=1S/C41H44F5N9O4/c1-51(25-15-17-53(18-16-25)31-6-4-7-32-36(31)52(2)40(59)55(32)33-13-14-35(56)49-39(33)58)21-23-9-11-26(12-10-23)54-22-24-19-30(27(37(42)43)20-29(24)50-54)48-38(57)28-5-3-8-34(47-28)41(44,45)46/h3-8,19-20,22-23,25-26,33,37H,9-18,21H2,1-2H3,(H,48,57)(H,49,56,58)/t23-,26-,33?. The molecule has 2 aromatic carbocycles. The number of aryl methyl sites for hydroxylation is 1. The van der Waals surface area contributed by atoms with E-state index in [-0.39, 0.29) is 36.2 Å². The molecule has 18 heteroatoms. The number of carbonyl (C=O) groups excluding carboxylic acids is 3. The predicted molar refractivity (Wildman–Crippen MR) is 209 cm³/mol. The zero-order valence-electron chi connectivity index (χ0n) is 32.5. The van der Waals surface area contributed by atoms with Crippen LogP contribution in [-0.2, 0) is 22.8 Å². The quantitative estimate of drug-likeness (QED) is 0.125. The lowest BCUT2D eigenvalue weighted by molar-refractivity contribution is -0.141. The van der Waals surface area contributed by atoms with E-state index >= 15 is 0 Å². The van der Waals surface area contributed by atoms with Crippen molar-refractivity contribution in [2.24, 2.45) is 13.0 Å². The number of imidazole rings is 1. The Morgan fingerprint density at radius 2 is 1.71 bits per heavy atom. The van der Waals surface area contributed by atoms with Crippen LogP contribution in [0.15, 0.2) is 59.5 Å². The molecule has 8 rings (SSSR count). The Bertz CT molecular complexity index is 2480. The number of rotatable bonds is 9. The van der Waals surface area contributed by atoms with Crippen LogP contribution in [0.3, 0.4) is 0 Å². The number of aromatic nitrogens is 5. The van der Waals surface area contributed by atoms with Crippen molar-refractivity contribution in [3.63, 3.8) is 0 Å². The molecule has 1 unspecified atom stereocenters. The molecule has 1 saturated carbocycles. The molecule has 5 heterocycles. The van der Waals surface area contributed by atoms with Crippen molar-refractivity contribution in [2.75, 3.05) is 36.9 Å². The molecule has 1 atom stereocenters. The minimum absolute atomic E-state index is 0.0538. The van der Waals surface area contributed by atoms with Crippen molar-refractivity contribution < 1.29 is 36.3 Å². The van der Waals surface area contributed by atoms with Crippen LogP contribution in [0, 0.1) is 5.92 Å². The SMILES string of the molecule is CN(C[C@H]1CC[C@H](n2cc3cc(NC(=O)c4cccc(C(F)(F)F)n4)c(C(F)F)cc3n2)CC1)C1CCN(c2cccc3c2n(C)c(=O)n3C2CCC(=O)NC2=O)CC1. The van der Waals surface area contributed by atoms with E-state index in [4.69, 9.17) is 0 Å². The molecule has 312 valence electrons. The first-order chi connectivity index (χ1) is 28.2. The van der Waals surface area contributed by atoms with Crippen LogP contribution in [0.1, 0.15) is 91.6 Å². The molecular formula is C41H44F5N9O4. The van der Waals surface area contributed by atoms with Crippen LogP contribution < -0.4 is 21.2 Å². The van der Waals surface area contributed by atoms with Crippen LogP contribution >= 0.6 is 0 Å². The summed E-state index contributed by atoms with van der Waals surface area (Å²) in [5.74, 6) is -1.36. The molecule has 3 aliphatic rings. The van der Waals surface area contributed by atoms with Crippen molar-refractivity contribution >= 4 is 51.0 Å². The van der Waals surface area contributed by atoms with Crippen molar-refractivity contribution in [2.45, 2.75) is 82.1 Å². The Hall–Kier alpha value is -5.65. The van der Waals surface area contributed by atoms with Gasteiger partial charge in [0.2, 0.25) is 11.8 Å². The van der Waals surface area contributed by atoms with Crippen molar-refractivity contribution in [3.8, 4) is 0 Å². The number of benzene rings is 2. The van der Waals surface area contributed by atoms with Gasteiger partial charge in [0.15, 0.2) is 0 Å². The normalized spacial score (nSPS) is 20.9. The minimum atomic E-state index is -4.77. The molecular weight excluding hydrogens is 777 g/mol. The number of amides is 3. The fourth-order valence-electron chi connectivity index (χ4n) is 9.09. The molecule has 0 bridgehead atoms. The van der Waals surface area contributed by atoms with Gasteiger partial charge in [0, 0.05) is 56.3 Å². The lowest BCUT2D eigenvalue weighted by Gasteiger charge is -2.40. The molecule has 13 nitrogen and oxygen atoms in total. The second-order valence-corrected chi connectivity index (χ2v) is 15.9. The highest BCUT2D eigenvalue weighted by atomic mass is 19.4. The molecule has 0 spiro atoms. The zero-order chi connectivity index (χ0) is 41.7. The second kappa shape index (κ2) is 15.8. The highest BCUT2D eigenvalue weighted by Gasteiger charge is 2.35. The maximum atomic E-state index is 14.1. The van der Waals surface area contributed by atoms with Gasteiger partial charge in [0.05, 0.1) is 34.0 Å². The number of carbonyl (C=O) groups is 3. The molecule has 2 aliphatic heterocycles. The monoisotopic (exact) mass is 821 g/mol. The molecule has 3 aromatic heterocycles. The number of hydrogen-bond acceptors (Lipinski definition) is 8. The largest absolute Gasteiger partial charge is 0.433 e. The van der Waals surface area contributed by atoms with E-state index in [2.05, 4.69) is 37.6 Å². The smallest absolute Gasteiger partial charge is 0.370 e. The average Bonchev–Trinajstić information content (AvgIpc) is 3.74. The maximum absolute atomic E-state index is 14.1. The van der Waals surface area contributed by atoms with E-state index in [9.17, 15) is 41.1 Å². The van der Waals surface area contributed by atoms with Crippen LogP contribution in [0.25, 0.3) is 21.9 Å². The summed E-state index contributed by atoms with van der Waals surface area (Å²) in [7, 11) is 3.88. The highest BCUT2D eigenvalue weighted by molar-refractivity contribution is 6.04. The lowest BCUT2D eigenvalue weighted by atomic mass is 9.85. The minimum Gasteiger partial charge on any atom is -0.370 e. The van der Waals surface area contributed by atoms with E-state index in [1.165, 1.54) is 16.7 Å². The van der Waals surface area contributed by atoms with Crippen LogP contribution in [0.5, 0.6) is 0 Å². The van der Waals surface area contributed by atoms with Gasteiger partial charge < -0.3 is 15.1 Å². The van der Waals surface area contributed by atoms with Crippen molar-refractivity contribution in [1.29, 1.82) is 0 Å². The van der Waals surface area contributed by atoms with Gasteiger partial charge in [-0.3, -0.25) is 33.5 Å².